The van der Waals surface area contributed by atoms with Crippen molar-refractivity contribution in [1.29, 1.82) is 0 Å². The van der Waals surface area contributed by atoms with Crippen LogP contribution in [0.25, 0.3) is 0 Å². The van der Waals surface area contributed by atoms with Gasteiger partial charge in [0, 0.05) is 0 Å². The molecule has 72 valence electrons. The lowest BCUT2D eigenvalue weighted by molar-refractivity contribution is 0.141. The van der Waals surface area contributed by atoms with Crippen LogP contribution in [0.3, 0.4) is 0 Å². The molecule has 0 rings (SSSR count). The van der Waals surface area contributed by atoms with Crippen LogP contribution in [-0.4, -0.2) is 32.1 Å². The summed E-state index contributed by atoms with van der Waals surface area (Å²) >= 11 is 0. The van der Waals surface area contributed by atoms with Gasteiger partial charge in [0.05, 0.1) is 6.26 Å². The number of amides is 1. The average Bonchev–Trinajstić information content (AvgIpc) is 1.82. The van der Waals surface area contributed by atoms with Crippen LogP contribution < -0.4 is 5.32 Å². The minimum Gasteiger partial charge on any atom is -0.465 e. The zero-order valence-electron chi connectivity index (χ0n) is 6.77. The quantitative estimate of drug-likeness (QED) is 0.487. The summed E-state index contributed by atoms with van der Waals surface area (Å²) in [6, 6.07) is 0. The molecule has 0 aliphatic rings. The minimum absolute atomic E-state index is 0.249. The van der Waals surface area contributed by atoms with E-state index in [2.05, 4.69) is 4.18 Å². The van der Waals surface area contributed by atoms with Crippen molar-refractivity contribution in [3.8, 4) is 0 Å². The van der Waals surface area contributed by atoms with Gasteiger partial charge in [0.15, 0.2) is 6.23 Å². The van der Waals surface area contributed by atoms with Gasteiger partial charge >= 0.3 is 6.09 Å². The third kappa shape index (κ3) is 5.93. The Morgan fingerprint density at radius 3 is 2.42 bits per heavy atom. The van der Waals surface area contributed by atoms with Gasteiger partial charge < -0.3 is 5.11 Å². The maximum absolute atomic E-state index is 10.5. The Balaban J connectivity index is 4.10. The van der Waals surface area contributed by atoms with Crippen molar-refractivity contribution in [1.82, 2.24) is 5.32 Å². The molecule has 12 heavy (non-hydrogen) atoms. The Morgan fingerprint density at radius 2 is 2.17 bits per heavy atom. The molecule has 0 fully saturated rings. The zero-order chi connectivity index (χ0) is 9.78. The molecule has 0 aliphatic heterocycles. The number of nitrogens with one attached hydrogen (secondary N) is 1. The van der Waals surface area contributed by atoms with E-state index >= 15 is 0 Å². The van der Waals surface area contributed by atoms with Crippen LogP contribution in [0, 0.1) is 0 Å². The topological polar surface area (TPSA) is 92.7 Å². The molecule has 6 nitrogen and oxygen atoms in total. The van der Waals surface area contributed by atoms with Gasteiger partial charge in [-0.15, -0.1) is 0 Å². The zero-order valence-corrected chi connectivity index (χ0v) is 7.59. The second-order valence-electron chi connectivity index (χ2n) is 2.15. The predicted octanol–water partition coefficient (Wildman–Crippen LogP) is -0.0337. The van der Waals surface area contributed by atoms with Crippen LogP contribution in [0.2, 0.25) is 0 Å². The summed E-state index contributed by atoms with van der Waals surface area (Å²) in [6.45, 7) is 1.60. The highest BCUT2D eigenvalue weighted by Crippen LogP contribution is 1.98. The van der Waals surface area contributed by atoms with Crippen molar-refractivity contribution >= 4 is 16.2 Å². The van der Waals surface area contributed by atoms with Crippen molar-refractivity contribution in [2.24, 2.45) is 0 Å². The van der Waals surface area contributed by atoms with Crippen LogP contribution in [0.15, 0.2) is 0 Å². The lowest BCUT2D eigenvalue weighted by Gasteiger charge is -2.12. The van der Waals surface area contributed by atoms with Gasteiger partial charge in [-0.3, -0.25) is 5.32 Å². The van der Waals surface area contributed by atoms with Gasteiger partial charge in [-0.25, -0.2) is 8.98 Å². The smallest absolute Gasteiger partial charge is 0.406 e. The monoisotopic (exact) mass is 197 g/mol. The van der Waals surface area contributed by atoms with Crippen LogP contribution >= 0.6 is 0 Å². The predicted molar refractivity (Wildman–Crippen MR) is 41.2 cm³/mol. The highest BCUT2D eigenvalue weighted by molar-refractivity contribution is 7.86. The van der Waals surface area contributed by atoms with Crippen LogP contribution in [0.5, 0.6) is 0 Å². The van der Waals surface area contributed by atoms with Gasteiger partial charge in [0.1, 0.15) is 0 Å². The molecule has 1 amide bonds. The van der Waals surface area contributed by atoms with E-state index in [1.807, 2.05) is 5.32 Å². The molecule has 0 saturated heterocycles. The van der Waals surface area contributed by atoms with Gasteiger partial charge in [0.2, 0.25) is 0 Å². The second kappa shape index (κ2) is 4.27. The Kier molecular flexibility index (Phi) is 3.98. The van der Waals surface area contributed by atoms with Crippen LogP contribution in [-0.2, 0) is 14.3 Å². The normalized spacial score (nSPS) is 13.8. The first-order valence-corrected chi connectivity index (χ1v) is 5.04. The molecule has 0 heterocycles. The molecular weight excluding hydrogens is 186 g/mol. The van der Waals surface area contributed by atoms with Gasteiger partial charge in [-0.05, 0) is 6.42 Å². The number of carboxylic acid groups (broad SMARTS) is 1. The first-order chi connectivity index (χ1) is 5.35. The Morgan fingerprint density at radius 1 is 1.67 bits per heavy atom. The molecule has 0 bridgehead atoms. The fraction of sp³-hybridized carbons (Fsp3) is 0.800. The van der Waals surface area contributed by atoms with Gasteiger partial charge in [-0.2, -0.15) is 8.42 Å². The molecule has 0 spiro atoms. The molecular formula is C5H11NO5S. The van der Waals surface area contributed by atoms with Crippen molar-refractivity contribution < 1.29 is 22.5 Å². The molecule has 0 aliphatic carbocycles. The molecule has 7 heteroatoms. The second-order valence-corrected chi connectivity index (χ2v) is 3.75. The number of hydrogen-bond donors (Lipinski definition) is 2. The van der Waals surface area contributed by atoms with E-state index < -0.39 is 22.4 Å². The number of rotatable bonds is 4. The lowest BCUT2D eigenvalue weighted by Crippen LogP contribution is -2.36. The lowest BCUT2D eigenvalue weighted by atomic mass is 10.4. The molecule has 0 radical (unpaired) electrons. The van der Waals surface area contributed by atoms with Crippen LogP contribution in [0.4, 0.5) is 4.79 Å². The Hall–Kier alpha value is -0.820. The highest BCUT2D eigenvalue weighted by Gasteiger charge is 2.14. The third-order valence-electron chi connectivity index (χ3n) is 0.946. The number of carbonyl (C=O) groups is 1. The highest BCUT2D eigenvalue weighted by atomic mass is 32.2. The van der Waals surface area contributed by atoms with E-state index in [1.165, 1.54) is 0 Å². The molecule has 2 N–H and O–H groups in total. The minimum atomic E-state index is -3.61. The summed E-state index contributed by atoms with van der Waals surface area (Å²) in [6.07, 6.45) is -1.21. The maximum Gasteiger partial charge on any atom is 0.406 e. The molecule has 1 unspecified atom stereocenters. The van der Waals surface area contributed by atoms with E-state index in [4.69, 9.17) is 5.11 Å². The molecule has 0 saturated carbocycles. The molecule has 1 atom stereocenters. The first-order valence-electron chi connectivity index (χ1n) is 3.23. The Bertz CT molecular complexity index is 247. The molecule has 0 aromatic carbocycles. The van der Waals surface area contributed by atoms with Crippen molar-refractivity contribution in [2.45, 2.75) is 19.6 Å². The Labute approximate surface area is 70.7 Å². The maximum atomic E-state index is 10.5. The van der Waals surface area contributed by atoms with Crippen molar-refractivity contribution in [3.63, 3.8) is 0 Å². The fourth-order valence-electron chi connectivity index (χ4n) is 0.543. The number of hydrogen-bond acceptors (Lipinski definition) is 4. The van der Waals surface area contributed by atoms with Crippen LogP contribution in [0.1, 0.15) is 13.3 Å². The summed E-state index contributed by atoms with van der Waals surface area (Å²) < 4.78 is 25.4. The summed E-state index contributed by atoms with van der Waals surface area (Å²) in [4.78, 5) is 10.1. The van der Waals surface area contributed by atoms with E-state index in [0.29, 0.717) is 0 Å². The standard InChI is InChI=1S/C5H11NO5S/c1-3-4(6-5(7)8)11-12(2,9)10/h4,6H,3H2,1-2H3,(H,7,8). The largest absolute Gasteiger partial charge is 0.465 e. The summed E-state index contributed by atoms with van der Waals surface area (Å²) in [5.41, 5.74) is 0. The SMILES string of the molecule is CCC(NC(=O)O)OS(C)(=O)=O. The fourth-order valence-corrected chi connectivity index (χ4v) is 1.15. The molecule has 0 aromatic heterocycles. The van der Waals surface area contributed by atoms with E-state index in [0.717, 1.165) is 6.26 Å². The summed E-state index contributed by atoms with van der Waals surface area (Å²) in [5, 5.41) is 10.1. The molecule has 0 aromatic rings. The first kappa shape index (κ1) is 11.2. The van der Waals surface area contributed by atoms with E-state index in [9.17, 15) is 13.2 Å². The summed E-state index contributed by atoms with van der Waals surface area (Å²) in [5.74, 6) is 0. The average molecular weight is 197 g/mol. The van der Waals surface area contributed by atoms with Gasteiger partial charge in [-0.1, -0.05) is 6.92 Å². The van der Waals surface area contributed by atoms with Gasteiger partial charge in [0.25, 0.3) is 10.1 Å². The van der Waals surface area contributed by atoms with Crippen molar-refractivity contribution in [2.75, 3.05) is 6.26 Å². The van der Waals surface area contributed by atoms with E-state index in [-0.39, 0.29) is 6.42 Å². The van der Waals surface area contributed by atoms with Crippen molar-refractivity contribution in [3.05, 3.63) is 0 Å². The third-order valence-corrected chi connectivity index (χ3v) is 1.53. The van der Waals surface area contributed by atoms with E-state index in [1.54, 1.807) is 6.92 Å². The summed E-state index contributed by atoms with van der Waals surface area (Å²) in [7, 11) is -3.61.